The average molecular weight is 377 g/mol. The van der Waals surface area contributed by atoms with Crippen LogP contribution >= 0.6 is 0 Å². The lowest BCUT2D eigenvalue weighted by atomic mass is 10.0. The van der Waals surface area contributed by atoms with Gasteiger partial charge in [0.2, 0.25) is 11.9 Å². The normalized spacial score (nSPS) is 19.3. The van der Waals surface area contributed by atoms with E-state index in [4.69, 9.17) is 4.74 Å². The van der Waals surface area contributed by atoms with Gasteiger partial charge in [-0.2, -0.15) is 0 Å². The lowest BCUT2D eigenvalue weighted by molar-refractivity contribution is -0.124. The van der Waals surface area contributed by atoms with E-state index in [0.717, 1.165) is 27.9 Å². The van der Waals surface area contributed by atoms with Gasteiger partial charge in [0.05, 0.1) is 18.3 Å². The Morgan fingerprint density at radius 2 is 1.96 bits per heavy atom. The highest BCUT2D eigenvalue weighted by Gasteiger charge is 2.29. The number of rotatable bonds is 4. The van der Waals surface area contributed by atoms with Crippen LogP contribution in [-0.2, 0) is 4.79 Å². The molecule has 2 heterocycles. The number of hydrogen-bond donors (Lipinski definition) is 3. The van der Waals surface area contributed by atoms with E-state index < -0.39 is 6.29 Å². The lowest BCUT2D eigenvalue weighted by Crippen LogP contribution is -2.57. The fourth-order valence-electron chi connectivity index (χ4n) is 3.53. The summed E-state index contributed by atoms with van der Waals surface area (Å²) in [6, 6.07) is 13.6. The minimum absolute atomic E-state index is 0.0553. The zero-order valence-corrected chi connectivity index (χ0v) is 16.1. The lowest BCUT2D eigenvalue weighted by Gasteiger charge is -2.32. The maximum absolute atomic E-state index is 12.3. The summed E-state index contributed by atoms with van der Waals surface area (Å²) >= 11 is 0. The molecule has 1 aromatic heterocycles. The van der Waals surface area contributed by atoms with Gasteiger partial charge in [0.1, 0.15) is 5.75 Å². The van der Waals surface area contributed by atoms with Crippen molar-refractivity contribution >= 4 is 22.8 Å². The van der Waals surface area contributed by atoms with Crippen molar-refractivity contribution in [3.63, 3.8) is 0 Å². The van der Waals surface area contributed by atoms with E-state index >= 15 is 0 Å². The van der Waals surface area contributed by atoms with Crippen LogP contribution in [0.5, 0.6) is 5.75 Å². The highest BCUT2D eigenvalue weighted by molar-refractivity contribution is 5.82. The fourth-order valence-corrected chi connectivity index (χ4v) is 3.53. The number of nitrogens with one attached hydrogen (secondary N) is 3. The summed E-state index contributed by atoms with van der Waals surface area (Å²) in [6.45, 7) is 4.00. The van der Waals surface area contributed by atoms with Crippen molar-refractivity contribution in [1.29, 1.82) is 0 Å². The number of methoxy groups -OCH3 is 1. The average Bonchev–Trinajstić information content (AvgIpc) is 2.68. The second-order valence-electron chi connectivity index (χ2n) is 6.96. The van der Waals surface area contributed by atoms with Gasteiger partial charge in [-0.25, -0.2) is 9.97 Å². The van der Waals surface area contributed by atoms with Crippen molar-refractivity contribution in [2.75, 3.05) is 12.4 Å². The van der Waals surface area contributed by atoms with Gasteiger partial charge >= 0.3 is 0 Å². The molecular weight excluding hydrogens is 354 g/mol. The number of anilines is 1. The number of carbonyl (C=O) groups is 1. The molecule has 2 atom stereocenters. The van der Waals surface area contributed by atoms with Gasteiger partial charge < -0.3 is 15.4 Å². The molecule has 1 saturated heterocycles. The summed E-state index contributed by atoms with van der Waals surface area (Å²) in [5.41, 5.74) is 3.86. The van der Waals surface area contributed by atoms with Crippen LogP contribution in [0, 0.1) is 13.8 Å². The Morgan fingerprint density at radius 3 is 2.79 bits per heavy atom. The van der Waals surface area contributed by atoms with Crippen LogP contribution in [0.3, 0.4) is 0 Å². The van der Waals surface area contributed by atoms with Gasteiger partial charge in [0, 0.05) is 23.4 Å². The molecule has 0 radical (unpaired) electrons. The predicted octanol–water partition coefficient (Wildman–Crippen LogP) is 2.80. The Bertz CT molecular complexity index is 1040. The Kier molecular flexibility index (Phi) is 4.83. The summed E-state index contributed by atoms with van der Waals surface area (Å²) in [6.07, 6.45) is -0.159. The van der Waals surface area contributed by atoms with Crippen molar-refractivity contribution in [3.05, 3.63) is 59.3 Å². The third-order valence-electron chi connectivity index (χ3n) is 4.89. The molecule has 1 aliphatic heterocycles. The molecule has 0 saturated carbocycles. The molecule has 7 nitrogen and oxygen atoms in total. The highest BCUT2D eigenvalue weighted by atomic mass is 16.5. The Balaban J connectivity index is 1.58. The Hall–Kier alpha value is -3.19. The van der Waals surface area contributed by atoms with E-state index in [0.29, 0.717) is 12.4 Å². The van der Waals surface area contributed by atoms with E-state index in [-0.39, 0.29) is 11.9 Å². The van der Waals surface area contributed by atoms with Crippen LogP contribution in [0.15, 0.2) is 42.5 Å². The molecule has 4 rings (SSSR count). The molecule has 144 valence electrons. The first kappa shape index (κ1) is 18.2. The maximum Gasteiger partial charge on any atom is 0.226 e. The standard InChI is InChI=1S/C21H23N5O2/c1-12-8-9-16-15(10-12)13(2)22-20(23-16)26-21-24-17(11-19(27)25-21)14-6-4-5-7-18(14)28-3/h4-10,17,21,24H,11H2,1-3H3,(H,25,27)(H,22,23,26). The zero-order chi connectivity index (χ0) is 19.7. The van der Waals surface area contributed by atoms with Gasteiger partial charge in [0.15, 0.2) is 6.29 Å². The number of aromatic nitrogens is 2. The number of ether oxygens (including phenoxy) is 1. The molecule has 1 amide bonds. The number of aryl methyl sites for hydroxylation is 2. The van der Waals surface area contributed by atoms with Crippen LogP contribution in [0.4, 0.5) is 5.95 Å². The first-order chi connectivity index (χ1) is 13.5. The quantitative estimate of drug-likeness (QED) is 0.648. The van der Waals surface area contributed by atoms with Crippen molar-refractivity contribution in [2.24, 2.45) is 0 Å². The molecule has 0 spiro atoms. The Morgan fingerprint density at radius 1 is 1.14 bits per heavy atom. The van der Waals surface area contributed by atoms with Crippen LogP contribution in [0.1, 0.15) is 29.3 Å². The molecule has 3 aromatic rings. The monoisotopic (exact) mass is 377 g/mol. The number of hydrogen-bond acceptors (Lipinski definition) is 6. The summed E-state index contributed by atoms with van der Waals surface area (Å²) in [5, 5.41) is 10.5. The van der Waals surface area contributed by atoms with Crippen molar-refractivity contribution in [2.45, 2.75) is 32.6 Å². The van der Waals surface area contributed by atoms with Gasteiger partial charge in [0.25, 0.3) is 0 Å². The molecule has 1 fully saturated rings. The number of para-hydroxylation sites is 1. The third kappa shape index (κ3) is 3.61. The smallest absolute Gasteiger partial charge is 0.226 e. The molecule has 3 N–H and O–H groups in total. The SMILES string of the molecule is COc1ccccc1C1CC(=O)NC(Nc2nc(C)c3cc(C)ccc3n2)N1. The van der Waals surface area contributed by atoms with Crippen LogP contribution in [0.25, 0.3) is 10.9 Å². The number of fused-ring (bicyclic) bond motifs is 1. The highest BCUT2D eigenvalue weighted by Crippen LogP contribution is 2.29. The Labute approximate surface area is 163 Å². The predicted molar refractivity (Wildman–Crippen MR) is 108 cm³/mol. The zero-order valence-electron chi connectivity index (χ0n) is 16.1. The molecule has 0 bridgehead atoms. The van der Waals surface area contributed by atoms with Gasteiger partial charge in [-0.05, 0) is 32.0 Å². The van der Waals surface area contributed by atoms with Gasteiger partial charge in [-0.3, -0.25) is 10.1 Å². The molecule has 1 aliphatic rings. The van der Waals surface area contributed by atoms with E-state index in [2.05, 4.69) is 32.0 Å². The van der Waals surface area contributed by atoms with Gasteiger partial charge in [-0.1, -0.05) is 29.8 Å². The van der Waals surface area contributed by atoms with Crippen LogP contribution < -0.4 is 20.7 Å². The maximum atomic E-state index is 12.3. The minimum atomic E-state index is -0.488. The van der Waals surface area contributed by atoms with E-state index in [1.54, 1.807) is 7.11 Å². The number of amides is 1. The topological polar surface area (TPSA) is 88.2 Å². The third-order valence-corrected chi connectivity index (χ3v) is 4.89. The summed E-state index contributed by atoms with van der Waals surface area (Å²) in [7, 11) is 1.63. The first-order valence-electron chi connectivity index (χ1n) is 9.23. The number of nitrogens with zero attached hydrogens (tertiary/aromatic N) is 2. The summed E-state index contributed by atoms with van der Waals surface area (Å²) in [4.78, 5) is 21.4. The van der Waals surface area contributed by atoms with Crippen molar-refractivity contribution in [1.82, 2.24) is 20.6 Å². The fraction of sp³-hybridized carbons (Fsp3) is 0.286. The largest absolute Gasteiger partial charge is 0.496 e. The van der Waals surface area contributed by atoms with Crippen molar-refractivity contribution < 1.29 is 9.53 Å². The minimum Gasteiger partial charge on any atom is -0.496 e. The van der Waals surface area contributed by atoms with E-state index in [1.807, 2.05) is 50.2 Å². The van der Waals surface area contributed by atoms with Crippen molar-refractivity contribution in [3.8, 4) is 5.75 Å². The van der Waals surface area contributed by atoms with E-state index in [9.17, 15) is 4.79 Å². The second-order valence-corrected chi connectivity index (χ2v) is 6.96. The van der Waals surface area contributed by atoms with Crippen LogP contribution in [-0.4, -0.2) is 29.3 Å². The molecule has 28 heavy (non-hydrogen) atoms. The first-order valence-corrected chi connectivity index (χ1v) is 9.23. The second kappa shape index (κ2) is 7.44. The summed E-state index contributed by atoms with van der Waals surface area (Å²) in [5.74, 6) is 1.16. The van der Waals surface area contributed by atoms with E-state index in [1.165, 1.54) is 5.56 Å². The molecule has 7 heteroatoms. The molecular formula is C21H23N5O2. The number of carbonyl (C=O) groups excluding carboxylic acids is 1. The molecule has 2 unspecified atom stereocenters. The number of benzene rings is 2. The molecule has 2 aromatic carbocycles. The molecule has 0 aliphatic carbocycles. The summed E-state index contributed by atoms with van der Waals surface area (Å²) < 4.78 is 5.44. The van der Waals surface area contributed by atoms with Crippen LogP contribution in [0.2, 0.25) is 0 Å². The van der Waals surface area contributed by atoms with Gasteiger partial charge in [-0.15, -0.1) is 0 Å².